The van der Waals surface area contributed by atoms with Gasteiger partial charge >= 0.3 is 0 Å². The monoisotopic (exact) mass is 302 g/mol. The highest BCUT2D eigenvalue weighted by molar-refractivity contribution is 6.30. The predicted molar refractivity (Wildman–Crippen MR) is 85.6 cm³/mol. The van der Waals surface area contributed by atoms with Crippen molar-refractivity contribution in [2.24, 2.45) is 5.92 Å². The number of nitrogens with zero attached hydrogens (tertiary/aromatic N) is 4. The van der Waals surface area contributed by atoms with E-state index in [0.717, 1.165) is 36.1 Å². The minimum atomic E-state index is 0.658. The molecule has 0 atom stereocenters. The molecule has 2 aromatic rings. The van der Waals surface area contributed by atoms with Crippen LogP contribution in [0.2, 0.25) is 5.02 Å². The molecule has 0 amide bonds. The fourth-order valence-corrected chi connectivity index (χ4v) is 2.74. The van der Waals surface area contributed by atoms with Crippen LogP contribution >= 0.6 is 11.6 Å². The van der Waals surface area contributed by atoms with Crippen LogP contribution < -0.4 is 4.90 Å². The van der Waals surface area contributed by atoms with E-state index in [9.17, 15) is 0 Å². The van der Waals surface area contributed by atoms with Gasteiger partial charge in [-0.05, 0) is 49.9 Å². The summed E-state index contributed by atoms with van der Waals surface area (Å²) in [5.41, 5.74) is 1.83. The van der Waals surface area contributed by atoms with Gasteiger partial charge in [-0.3, -0.25) is 0 Å². The van der Waals surface area contributed by atoms with Gasteiger partial charge in [-0.15, -0.1) is 10.2 Å². The van der Waals surface area contributed by atoms with Crippen LogP contribution in [0, 0.1) is 12.8 Å². The molecule has 1 aromatic carbocycles. The van der Waals surface area contributed by atoms with Crippen molar-refractivity contribution in [3.63, 3.8) is 0 Å². The van der Waals surface area contributed by atoms with E-state index < -0.39 is 0 Å². The molecular formula is C16H19ClN4. The summed E-state index contributed by atoms with van der Waals surface area (Å²) in [6.45, 7) is 6.36. The summed E-state index contributed by atoms with van der Waals surface area (Å²) < 4.78 is 0. The van der Waals surface area contributed by atoms with Crippen molar-refractivity contribution in [3.8, 4) is 11.4 Å². The van der Waals surface area contributed by atoms with E-state index in [1.54, 1.807) is 0 Å². The third-order valence-electron chi connectivity index (χ3n) is 4.02. The van der Waals surface area contributed by atoms with Gasteiger partial charge in [-0.25, -0.2) is 4.98 Å². The fraction of sp³-hybridized carbons (Fsp3) is 0.438. The average molecular weight is 303 g/mol. The number of anilines is 1. The normalized spacial score (nSPS) is 16.2. The average Bonchev–Trinajstić information content (AvgIpc) is 2.50. The quantitative estimate of drug-likeness (QED) is 0.847. The Morgan fingerprint density at radius 1 is 1.10 bits per heavy atom. The van der Waals surface area contributed by atoms with Gasteiger partial charge < -0.3 is 4.90 Å². The van der Waals surface area contributed by atoms with E-state index in [1.807, 2.05) is 31.2 Å². The van der Waals surface area contributed by atoms with Gasteiger partial charge in [0.15, 0.2) is 11.6 Å². The molecule has 5 heteroatoms. The number of hydrogen-bond donors (Lipinski definition) is 0. The van der Waals surface area contributed by atoms with Gasteiger partial charge in [0.05, 0.1) is 0 Å². The maximum absolute atomic E-state index is 5.93. The van der Waals surface area contributed by atoms with Crippen molar-refractivity contribution in [3.05, 3.63) is 35.0 Å². The van der Waals surface area contributed by atoms with Crippen LogP contribution in [0.3, 0.4) is 0 Å². The molecule has 110 valence electrons. The highest BCUT2D eigenvalue weighted by atomic mass is 35.5. The van der Waals surface area contributed by atoms with Crippen molar-refractivity contribution in [1.29, 1.82) is 0 Å². The third kappa shape index (κ3) is 3.16. The van der Waals surface area contributed by atoms with E-state index in [2.05, 4.69) is 22.0 Å². The first-order valence-corrected chi connectivity index (χ1v) is 7.73. The van der Waals surface area contributed by atoms with Crippen molar-refractivity contribution in [2.75, 3.05) is 18.0 Å². The summed E-state index contributed by atoms with van der Waals surface area (Å²) in [7, 11) is 0. The van der Waals surface area contributed by atoms with E-state index in [0.29, 0.717) is 10.8 Å². The van der Waals surface area contributed by atoms with Crippen LogP contribution in [-0.4, -0.2) is 28.3 Å². The molecule has 0 unspecified atom stereocenters. The number of piperidine rings is 1. The molecule has 0 saturated carbocycles. The SMILES string of the molecule is Cc1nnc(-c2ccc(Cl)cc2)nc1N1CCC(C)CC1. The molecule has 0 spiro atoms. The lowest BCUT2D eigenvalue weighted by atomic mass is 9.99. The van der Waals surface area contributed by atoms with Crippen LogP contribution in [0.25, 0.3) is 11.4 Å². The molecule has 1 aliphatic heterocycles. The molecule has 2 heterocycles. The van der Waals surface area contributed by atoms with Crippen LogP contribution in [0.15, 0.2) is 24.3 Å². The van der Waals surface area contributed by atoms with Crippen LogP contribution in [0.5, 0.6) is 0 Å². The lowest BCUT2D eigenvalue weighted by molar-refractivity contribution is 0.435. The molecule has 0 bridgehead atoms. The first-order chi connectivity index (χ1) is 10.1. The van der Waals surface area contributed by atoms with Crippen molar-refractivity contribution < 1.29 is 0 Å². The zero-order valence-corrected chi connectivity index (χ0v) is 13.1. The molecule has 1 fully saturated rings. The fourth-order valence-electron chi connectivity index (χ4n) is 2.61. The molecule has 1 aromatic heterocycles. The first-order valence-electron chi connectivity index (χ1n) is 7.35. The number of benzene rings is 1. The Morgan fingerprint density at radius 3 is 2.43 bits per heavy atom. The number of hydrogen-bond acceptors (Lipinski definition) is 4. The van der Waals surface area contributed by atoms with Crippen LogP contribution in [0.4, 0.5) is 5.82 Å². The topological polar surface area (TPSA) is 41.9 Å². The lowest BCUT2D eigenvalue weighted by Gasteiger charge is -2.31. The van der Waals surface area contributed by atoms with Gasteiger partial charge in [0.25, 0.3) is 0 Å². The van der Waals surface area contributed by atoms with Gasteiger partial charge in [0.1, 0.15) is 5.69 Å². The predicted octanol–water partition coefficient (Wildman–Crippen LogP) is 3.74. The van der Waals surface area contributed by atoms with Crippen molar-refractivity contribution in [2.45, 2.75) is 26.7 Å². The standard InChI is InChI=1S/C16H19ClN4/c1-11-7-9-21(10-8-11)16-12(2)19-20-15(18-16)13-3-5-14(17)6-4-13/h3-6,11H,7-10H2,1-2H3. The zero-order valence-electron chi connectivity index (χ0n) is 12.4. The summed E-state index contributed by atoms with van der Waals surface area (Å²) in [6.07, 6.45) is 2.42. The second-order valence-corrected chi connectivity index (χ2v) is 6.16. The Morgan fingerprint density at radius 2 is 1.76 bits per heavy atom. The van der Waals surface area contributed by atoms with E-state index >= 15 is 0 Å². The number of rotatable bonds is 2. The highest BCUT2D eigenvalue weighted by Gasteiger charge is 2.20. The number of aryl methyl sites for hydroxylation is 1. The molecular weight excluding hydrogens is 284 g/mol. The summed E-state index contributed by atoms with van der Waals surface area (Å²) >= 11 is 5.93. The molecule has 0 radical (unpaired) electrons. The second-order valence-electron chi connectivity index (χ2n) is 5.72. The van der Waals surface area contributed by atoms with E-state index in [4.69, 9.17) is 16.6 Å². The second kappa shape index (κ2) is 5.98. The van der Waals surface area contributed by atoms with Gasteiger partial charge in [0, 0.05) is 23.7 Å². The maximum atomic E-state index is 5.93. The number of halogens is 1. The molecule has 3 rings (SSSR count). The Hall–Kier alpha value is -1.68. The summed E-state index contributed by atoms with van der Waals surface area (Å²) in [4.78, 5) is 7.05. The Labute approximate surface area is 130 Å². The summed E-state index contributed by atoms with van der Waals surface area (Å²) in [5, 5.41) is 9.21. The van der Waals surface area contributed by atoms with E-state index in [1.165, 1.54) is 12.8 Å². The summed E-state index contributed by atoms with van der Waals surface area (Å²) in [5.74, 6) is 2.42. The highest BCUT2D eigenvalue weighted by Crippen LogP contribution is 2.25. The van der Waals surface area contributed by atoms with Crippen molar-refractivity contribution in [1.82, 2.24) is 15.2 Å². The van der Waals surface area contributed by atoms with Crippen molar-refractivity contribution >= 4 is 17.4 Å². The van der Waals surface area contributed by atoms with Crippen LogP contribution in [0.1, 0.15) is 25.5 Å². The van der Waals surface area contributed by atoms with Gasteiger partial charge in [-0.1, -0.05) is 18.5 Å². The van der Waals surface area contributed by atoms with Gasteiger partial charge in [0.2, 0.25) is 0 Å². The van der Waals surface area contributed by atoms with Crippen LogP contribution in [-0.2, 0) is 0 Å². The molecule has 1 aliphatic rings. The molecule has 0 aliphatic carbocycles. The van der Waals surface area contributed by atoms with E-state index in [-0.39, 0.29) is 0 Å². The minimum absolute atomic E-state index is 0.658. The third-order valence-corrected chi connectivity index (χ3v) is 4.27. The molecule has 0 N–H and O–H groups in total. The Bertz CT molecular complexity index is 619. The largest absolute Gasteiger partial charge is 0.355 e. The Kier molecular flexibility index (Phi) is 4.06. The summed E-state index contributed by atoms with van der Waals surface area (Å²) in [6, 6.07) is 7.55. The smallest absolute Gasteiger partial charge is 0.183 e. The molecule has 4 nitrogen and oxygen atoms in total. The molecule has 1 saturated heterocycles. The Balaban J connectivity index is 1.91. The molecule has 21 heavy (non-hydrogen) atoms. The maximum Gasteiger partial charge on any atom is 0.183 e. The lowest BCUT2D eigenvalue weighted by Crippen LogP contribution is -2.34. The zero-order chi connectivity index (χ0) is 14.8. The van der Waals surface area contributed by atoms with Gasteiger partial charge in [-0.2, -0.15) is 0 Å². The number of aromatic nitrogens is 3. The minimum Gasteiger partial charge on any atom is -0.355 e. The first kappa shape index (κ1) is 14.3.